The molecule has 1 unspecified atom stereocenters. The fourth-order valence-corrected chi connectivity index (χ4v) is 4.80. The molecule has 0 radical (unpaired) electrons. The van der Waals surface area contributed by atoms with Gasteiger partial charge in [-0.25, -0.2) is 4.98 Å². The van der Waals surface area contributed by atoms with Crippen molar-refractivity contribution in [2.75, 3.05) is 44.2 Å². The molecule has 6 nitrogen and oxygen atoms in total. The Hall–Kier alpha value is -3.10. The van der Waals surface area contributed by atoms with Gasteiger partial charge in [0.25, 0.3) is 5.91 Å². The number of halogens is 3. The van der Waals surface area contributed by atoms with Gasteiger partial charge in [-0.1, -0.05) is 17.2 Å². The van der Waals surface area contributed by atoms with Gasteiger partial charge >= 0.3 is 6.18 Å². The van der Waals surface area contributed by atoms with Gasteiger partial charge in [-0.2, -0.15) is 13.2 Å². The predicted octanol–water partition coefficient (Wildman–Crippen LogP) is 3.92. The predicted molar refractivity (Wildman–Crippen MR) is 123 cm³/mol. The molecule has 2 aliphatic heterocycles. The Morgan fingerprint density at radius 2 is 1.62 bits per heavy atom. The van der Waals surface area contributed by atoms with E-state index in [1.807, 2.05) is 36.9 Å². The molecule has 0 bridgehead atoms. The van der Waals surface area contributed by atoms with E-state index in [4.69, 9.17) is 0 Å². The van der Waals surface area contributed by atoms with Crippen LogP contribution in [0.4, 0.5) is 19.0 Å². The number of anilines is 1. The number of rotatable bonds is 3. The molecule has 1 atom stereocenters. The molecule has 2 saturated heterocycles. The van der Waals surface area contributed by atoms with Crippen LogP contribution in [0.25, 0.3) is 0 Å². The van der Waals surface area contributed by atoms with E-state index in [1.165, 1.54) is 6.07 Å². The van der Waals surface area contributed by atoms with E-state index in [9.17, 15) is 22.8 Å². The van der Waals surface area contributed by atoms with E-state index in [0.29, 0.717) is 50.6 Å². The number of pyridine rings is 1. The fourth-order valence-electron chi connectivity index (χ4n) is 4.80. The van der Waals surface area contributed by atoms with E-state index in [1.54, 1.807) is 9.80 Å². The molecule has 4 rings (SSSR count). The van der Waals surface area contributed by atoms with Crippen molar-refractivity contribution in [1.29, 1.82) is 0 Å². The first kappa shape index (κ1) is 24.0. The second-order valence-corrected chi connectivity index (χ2v) is 9.18. The number of piperidine rings is 1. The van der Waals surface area contributed by atoms with E-state index in [0.717, 1.165) is 36.2 Å². The molecule has 3 heterocycles. The van der Waals surface area contributed by atoms with Crippen molar-refractivity contribution in [3.8, 4) is 0 Å². The summed E-state index contributed by atoms with van der Waals surface area (Å²) in [5.74, 6) is 0.239. The number of nitrogens with zero attached hydrogens (tertiary/aromatic N) is 4. The zero-order valence-electron chi connectivity index (χ0n) is 19.4. The Morgan fingerprint density at radius 1 is 0.941 bits per heavy atom. The molecule has 2 aromatic rings. The lowest BCUT2D eigenvalue weighted by molar-refractivity contribution is -0.138. The summed E-state index contributed by atoms with van der Waals surface area (Å²) in [6.07, 6.45) is -2.04. The van der Waals surface area contributed by atoms with E-state index < -0.39 is 11.7 Å². The summed E-state index contributed by atoms with van der Waals surface area (Å²) < 4.78 is 38.3. The Labute approximate surface area is 197 Å². The second-order valence-electron chi connectivity index (χ2n) is 9.18. The summed E-state index contributed by atoms with van der Waals surface area (Å²) in [5.41, 5.74) is 1.95. The van der Waals surface area contributed by atoms with Gasteiger partial charge in [0.1, 0.15) is 5.82 Å². The zero-order chi connectivity index (χ0) is 24.5. The molecular weight excluding hydrogens is 445 g/mol. The number of carbonyl (C=O) groups is 2. The van der Waals surface area contributed by atoms with Crippen molar-refractivity contribution in [2.45, 2.75) is 32.9 Å². The molecule has 1 aromatic carbocycles. The minimum absolute atomic E-state index is 0.0394. The number of amides is 2. The van der Waals surface area contributed by atoms with Crippen LogP contribution in [-0.2, 0) is 11.0 Å². The van der Waals surface area contributed by atoms with Gasteiger partial charge in [-0.15, -0.1) is 0 Å². The average molecular weight is 475 g/mol. The first-order chi connectivity index (χ1) is 16.1. The average Bonchev–Trinajstić information content (AvgIpc) is 2.82. The highest BCUT2D eigenvalue weighted by Gasteiger charge is 2.34. The number of alkyl halides is 3. The minimum atomic E-state index is -4.41. The summed E-state index contributed by atoms with van der Waals surface area (Å²) in [6.45, 7) is 6.93. The van der Waals surface area contributed by atoms with Gasteiger partial charge in [-0.05, 0) is 51.0 Å². The Balaban J connectivity index is 1.34. The van der Waals surface area contributed by atoms with Gasteiger partial charge in [0.15, 0.2) is 0 Å². The van der Waals surface area contributed by atoms with Gasteiger partial charge in [0, 0.05) is 51.0 Å². The van der Waals surface area contributed by atoms with Crippen LogP contribution in [0.2, 0.25) is 0 Å². The van der Waals surface area contributed by atoms with Crippen molar-refractivity contribution < 1.29 is 22.8 Å². The lowest BCUT2D eigenvalue weighted by Gasteiger charge is -2.39. The number of hydrogen-bond acceptors (Lipinski definition) is 4. The molecule has 34 heavy (non-hydrogen) atoms. The van der Waals surface area contributed by atoms with Crippen LogP contribution < -0.4 is 4.90 Å². The number of aryl methyl sites for hydroxylation is 2. The summed E-state index contributed by atoms with van der Waals surface area (Å²) in [6, 6.07) is 8.20. The second kappa shape index (κ2) is 9.64. The molecule has 1 aromatic heterocycles. The van der Waals surface area contributed by atoms with Crippen LogP contribution in [0.1, 0.15) is 39.9 Å². The fraction of sp³-hybridized carbons (Fsp3) is 0.480. The largest absolute Gasteiger partial charge is 0.417 e. The molecule has 0 N–H and O–H groups in total. The van der Waals surface area contributed by atoms with Crippen LogP contribution >= 0.6 is 0 Å². The first-order valence-corrected chi connectivity index (χ1v) is 11.6. The monoisotopic (exact) mass is 474 g/mol. The van der Waals surface area contributed by atoms with Gasteiger partial charge in [0.2, 0.25) is 5.91 Å². The molecule has 2 amide bonds. The van der Waals surface area contributed by atoms with E-state index in [-0.39, 0.29) is 17.7 Å². The lowest BCUT2D eigenvalue weighted by atomic mass is 9.95. The summed E-state index contributed by atoms with van der Waals surface area (Å²) in [7, 11) is 0. The first-order valence-electron chi connectivity index (χ1n) is 11.6. The Kier molecular flexibility index (Phi) is 6.81. The van der Waals surface area contributed by atoms with Crippen LogP contribution in [0.5, 0.6) is 0 Å². The lowest BCUT2D eigenvalue weighted by Crippen LogP contribution is -2.53. The molecular formula is C25H29F3N4O2. The van der Waals surface area contributed by atoms with E-state index >= 15 is 0 Å². The number of likely N-dealkylation sites (tertiary alicyclic amines) is 1. The Morgan fingerprint density at radius 3 is 2.21 bits per heavy atom. The van der Waals surface area contributed by atoms with Crippen LogP contribution in [-0.4, -0.2) is 65.9 Å². The maximum atomic E-state index is 13.2. The van der Waals surface area contributed by atoms with Crippen molar-refractivity contribution in [3.63, 3.8) is 0 Å². The third-order valence-corrected chi connectivity index (χ3v) is 6.52. The molecule has 0 spiro atoms. The smallest absolute Gasteiger partial charge is 0.353 e. The van der Waals surface area contributed by atoms with Crippen LogP contribution in [0, 0.1) is 19.8 Å². The van der Waals surface area contributed by atoms with Gasteiger partial charge in [-0.3, -0.25) is 9.59 Å². The summed E-state index contributed by atoms with van der Waals surface area (Å²) in [5, 5.41) is 0. The molecule has 182 valence electrons. The number of hydrogen-bond donors (Lipinski definition) is 0. The number of piperazine rings is 1. The zero-order valence-corrected chi connectivity index (χ0v) is 19.4. The third kappa shape index (κ3) is 5.34. The SMILES string of the molecule is Cc1cc(C)cc(C(=O)N2CCCC(C(=O)N3CCN(c4ccc(C(F)(F)F)cn4)CC3)C2)c1. The number of carbonyl (C=O) groups excluding carboxylic acids is 2. The highest BCUT2D eigenvalue weighted by molar-refractivity contribution is 5.95. The maximum Gasteiger partial charge on any atom is 0.417 e. The number of aromatic nitrogens is 1. The van der Waals surface area contributed by atoms with Crippen molar-refractivity contribution >= 4 is 17.6 Å². The van der Waals surface area contributed by atoms with Crippen LogP contribution in [0.3, 0.4) is 0 Å². The highest BCUT2D eigenvalue weighted by atomic mass is 19.4. The molecule has 2 aliphatic rings. The number of benzene rings is 1. The highest BCUT2D eigenvalue weighted by Crippen LogP contribution is 2.29. The third-order valence-electron chi connectivity index (χ3n) is 6.52. The van der Waals surface area contributed by atoms with Crippen molar-refractivity contribution in [2.24, 2.45) is 5.92 Å². The molecule has 0 saturated carbocycles. The van der Waals surface area contributed by atoms with Crippen LogP contribution in [0.15, 0.2) is 36.5 Å². The topological polar surface area (TPSA) is 56.8 Å². The molecule has 0 aliphatic carbocycles. The van der Waals surface area contributed by atoms with Gasteiger partial charge in [0.05, 0.1) is 11.5 Å². The summed E-state index contributed by atoms with van der Waals surface area (Å²) >= 11 is 0. The Bertz CT molecular complexity index is 1030. The minimum Gasteiger partial charge on any atom is -0.353 e. The standard InChI is InChI=1S/C25H29F3N4O2/c1-17-12-18(2)14-20(13-17)24(34)32-7-3-4-19(16-32)23(33)31-10-8-30(9-11-31)22-6-5-21(15-29-22)25(26,27)28/h5-6,12-15,19H,3-4,7-11,16H2,1-2H3. The molecule has 9 heteroatoms. The van der Waals surface area contributed by atoms with Crippen molar-refractivity contribution in [3.05, 3.63) is 58.8 Å². The normalized spacial score (nSPS) is 19.3. The summed E-state index contributed by atoms with van der Waals surface area (Å²) in [4.78, 5) is 35.7. The quantitative estimate of drug-likeness (QED) is 0.677. The maximum absolute atomic E-state index is 13.2. The molecule has 2 fully saturated rings. The van der Waals surface area contributed by atoms with E-state index in [2.05, 4.69) is 4.98 Å². The van der Waals surface area contributed by atoms with Crippen molar-refractivity contribution in [1.82, 2.24) is 14.8 Å². The van der Waals surface area contributed by atoms with Gasteiger partial charge < -0.3 is 14.7 Å².